The molecule has 1 aliphatic carbocycles. The molecule has 2 aromatic heterocycles. The highest BCUT2D eigenvalue weighted by Crippen LogP contribution is 2.39. The maximum atomic E-state index is 13.8. The van der Waals surface area contributed by atoms with E-state index in [1.807, 2.05) is 38.8 Å². The summed E-state index contributed by atoms with van der Waals surface area (Å²) < 4.78 is 43.2. The average Bonchev–Trinajstić information content (AvgIpc) is 3.57. The number of hydrogen-bond donors (Lipinski definition) is 3. The predicted molar refractivity (Wildman–Crippen MR) is 184 cm³/mol. The molecule has 0 radical (unpaired) electrons. The van der Waals surface area contributed by atoms with Gasteiger partial charge in [0.15, 0.2) is 0 Å². The lowest BCUT2D eigenvalue weighted by molar-refractivity contribution is -0.182. The molecule has 1 fully saturated rings. The molecule has 4 aromatic rings. The number of imidazole rings is 1. The van der Waals surface area contributed by atoms with Gasteiger partial charge < -0.3 is 25.4 Å². The van der Waals surface area contributed by atoms with Crippen molar-refractivity contribution in [3.8, 4) is 0 Å². The second-order valence-corrected chi connectivity index (χ2v) is 14.3. The third-order valence-corrected chi connectivity index (χ3v) is 9.64. The molecule has 49 heavy (non-hydrogen) atoms. The van der Waals surface area contributed by atoms with Crippen molar-refractivity contribution in [2.45, 2.75) is 71.8 Å². The summed E-state index contributed by atoms with van der Waals surface area (Å²) in [6.45, 7) is 5.98. The molecule has 1 aliphatic rings. The molecule has 0 saturated heterocycles. The molecule has 1 saturated carbocycles. The number of amides is 2. The molecule has 2 amide bonds. The van der Waals surface area contributed by atoms with Crippen LogP contribution >= 0.6 is 23.2 Å². The van der Waals surface area contributed by atoms with E-state index in [1.165, 1.54) is 6.33 Å². The number of carbonyl (C=O) groups is 2. The van der Waals surface area contributed by atoms with E-state index in [1.54, 1.807) is 41.5 Å². The Hall–Kier alpha value is -4.04. The van der Waals surface area contributed by atoms with Crippen molar-refractivity contribution >= 4 is 63.4 Å². The lowest BCUT2D eigenvalue weighted by Crippen LogP contribution is -2.40. The average molecular weight is 723 g/mol. The van der Waals surface area contributed by atoms with Gasteiger partial charge in [-0.3, -0.25) is 14.3 Å². The smallest absolute Gasteiger partial charge is 0.366 e. The zero-order chi connectivity index (χ0) is 35.8. The van der Waals surface area contributed by atoms with E-state index in [0.29, 0.717) is 61.9 Å². The van der Waals surface area contributed by atoms with Crippen LogP contribution in [0.25, 0.3) is 11.0 Å². The third-order valence-electron chi connectivity index (χ3n) is 8.89. The summed E-state index contributed by atoms with van der Waals surface area (Å²) in [4.78, 5) is 37.2. The van der Waals surface area contributed by atoms with Crippen molar-refractivity contribution < 1.29 is 22.8 Å². The van der Waals surface area contributed by atoms with Crippen molar-refractivity contribution in [2.75, 3.05) is 17.3 Å². The van der Waals surface area contributed by atoms with E-state index in [0.717, 1.165) is 0 Å². The van der Waals surface area contributed by atoms with Gasteiger partial charge in [-0.05, 0) is 49.4 Å². The molecule has 0 unspecified atom stereocenters. The zero-order valence-corrected chi connectivity index (χ0v) is 29.7. The van der Waals surface area contributed by atoms with Crippen LogP contribution in [-0.2, 0) is 32.0 Å². The van der Waals surface area contributed by atoms with Gasteiger partial charge in [-0.25, -0.2) is 9.97 Å². The van der Waals surface area contributed by atoms with Crippen LogP contribution in [0.2, 0.25) is 10.0 Å². The molecule has 264 valence electrons. The molecule has 0 spiro atoms. The van der Waals surface area contributed by atoms with Crippen LogP contribution in [-0.4, -0.2) is 55.4 Å². The van der Waals surface area contributed by atoms with Gasteiger partial charge in [-0.15, -0.1) is 0 Å². The number of hydrogen-bond acceptors (Lipinski definition) is 7. The van der Waals surface area contributed by atoms with Crippen molar-refractivity contribution in [1.29, 1.82) is 0 Å². The first-order valence-corrected chi connectivity index (χ1v) is 16.6. The lowest BCUT2D eigenvalue weighted by Gasteiger charge is -2.30. The highest BCUT2D eigenvalue weighted by atomic mass is 35.5. The Bertz CT molecular complexity index is 1860. The summed E-state index contributed by atoms with van der Waals surface area (Å²) >= 11 is 13.4. The summed E-state index contributed by atoms with van der Waals surface area (Å²) in [7, 11) is 5.39. The quantitative estimate of drug-likeness (QED) is 0.172. The van der Waals surface area contributed by atoms with Crippen molar-refractivity contribution in [1.82, 2.24) is 34.9 Å². The second kappa shape index (κ2) is 14.1. The van der Waals surface area contributed by atoms with Crippen LogP contribution in [0.1, 0.15) is 68.2 Å². The number of carbonyl (C=O) groups excluding carboxylic acids is 2. The van der Waals surface area contributed by atoms with E-state index in [9.17, 15) is 22.8 Å². The third kappa shape index (κ3) is 8.07. The molecule has 0 atom stereocenters. The van der Waals surface area contributed by atoms with Crippen LogP contribution in [0.3, 0.4) is 0 Å². The largest absolute Gasteiger partial charge is 0.391 e. The number of rotatable bonds is 9. The number of benzene rings is 2. The fourth-order valence-corrected chi connectivity index (χ4v) is 6.36. The molecule has 5 rings (SSSR count). The first kappa shape index (κ1) is 36.2. The summed E-state index contributed by atoms with van der Waals surface area (Å²) in [5.74, 6) is -0.839. The Kier molecular flexibility index (Phi) is 10.4. The second-order valence-electron chi connectivity index (χ2n) is 13.5. The molecule has 0 bridgehead atoms. The van der Waals surface area contributed by atoms with Crippen molar-refractivity contribution in [2.24, 2.45) is 25.4 Å². The standard InChI is InChI=1S/C33H40Cl2F3N9O2/c1-32(2,3)30(49)39-15-18-7-12-22(34)28(27(18)35)44-31-43-23-13-21(29(48)42-20-10-8-19(9-11-20)33(36,37)38)24(14-25(23)46(31)5)45(4)16-26-40-17-41-47(26)6/h7,12-14,17,19-20H,8-11,15-16H2,1-6H3,(H,39,49)(H,42,48)(H,43,44)/t19-,20-. The Balaban J connectivity index is 1.46. The van der Waals surface area contributed by atoms with Gasteiger partial charge in [0.05, 0.1) is 50.5 Å². The van der Waals surface area contributed by atoms with Crippen LogP contribution in [0.5, 0.6) is 0 Å². The SMILES string of the molecule is CN(Cc1ncnn1C)c1cc2c(cc1C(=O)N[C@H]1CC[C@H](C(F)(F)F)CC1)nc(Nc1c(Cl)ccc(CNC(=O)C(C)(C)C)c1Cl)n2C. The number of halogens is 5. The molecule has 16 heteroatoms. The summed E-state index contributed by atoms with van der Waals surface area (Å²) in [5.41, 5.74) is 2.54. The zero-order valence-electron chi connectivity index (χ0n) is 28.2. The molecule has 3 N–H and O–H groups in total. The van der Waals surface area contributed by atoms with E-state index in [2.05, 4.69) is 26.0 Å². The van der Waals surface area contributed by atoms with Gasteiger partial charge in [0.2, 0.25) is 11.9 Å². The minimum atomic E-state index is -4.24. The normalized spacial score (nSPS) is 16.9. The van der Waals surface area contributed by atoms with Gasteiger partial charge in [-0.2, -0.15) is 18.3 Å². The van der Waals surface area contributed by atoms with Gasteiger partial charge in [0.25, 0.3) is 5.91 Å². The number of fused-ring (bicyclic) bond motifs is 1. The minimum absolute atomic E-state index is 0.0308. The minimum Gasteiger partial charge on any atom is -0.366 e. The van der Waals surface area contributed by atoms with Gasteiger partial charge >= 0.3 is 6.18 Å². The molecular weight excluding hydrogens is 682 g/mol. The van der Waals surface area contributed by atoms with Gasteiger partial charge in [0, 0.05) is 39.1 Å². The highest BCUT2D eigenvalue weighted by Gasteiger charge is 2.41. The van der Waals surface area contributed by atoms with E-state index in [4.69, 9.17) is 28.2 Å². The Morgan fingerprint density at radius 3 is 2.37 bits per heavy atom. The Morgan fingerprint density at radius 2 is 1.76 bits per heavy atom. The number of aromatic nitrogens is 5. The van der Waals surface area contributed by atoms with Crippen molar-refractivity contribution in [3.63, 3.8) is 0 Å². The molecule has 11 nitrogen and oxygen atoms in total. The lowest BCUT2D eigenvalue weighted by atomic mass is 9.85. The maximum Gasteiger partial charge on any atom is 0.391 e. The van der Waals surface area contributed by atoms with Gasteiger partial charge in [0.1, 0.15) is 12.2 Å². The summed E-state index contributed by atoms with van der Waals surface area (Å²) in [5, 5.41) is 13.9. The summed E-state index contributed by atoms with van der Waals surface area (Å²) in [6.07, 6.45) is -2.38. The van der Waals surface area contributed by atoms with E-state index >= 15 is 0 Å². The molecule has 0 aliphatic heterocycles. The topological polar surface area (TPSA) is 122 Å². The first-order chi connectivity index (χ1) is 22.9. The Morgan fingerprint density at radius 1 is 1.06 bits per heavy atom. The molecule has 2 heterocycles. The number of anilines is 3. The first-order valence-electron chi connectivity index (χ1n) is 15.9. The molecule has 2 aromatic carbocycles. The van der Waals surface area contributed by atoms with Crippen molar-refractivity contribution in [3.05, 3.63) is 57.6 Å². The fourth-order valence-electron chi connectivity index (χ4n) is 5.82. The summed E-state index contributed by atoms with van der Waals surface area (Å²) in [6, 6.07) is 6.54. The van der Waals surface area contributed by atoms with Crippen LogP contribution < -0.4 is 20.9 Å². The van der Waals surface area contributed by atoms with Crippen LogP contribution in [0, 0.1) is 11.3 Å². The molecular formula is C33H40Cl2F3N9O2. The van der Waals surface area contributed by atoms with E-state index < -0.39 is 23.4 Å². The van der Waals surface area contributed by atoms with E-state index in [-0.39, 0.29) is 44.2 Å². The predicted octanol–water partition coefficient (Wildman–Crippen LogP) is 6.90. The number of alkyl halides is 3. The number of nitrogens with one attached hydrogen (secondary N) is 3. The highest BCUT2D eigenvalue weighted by molar-refractivity contribution is 6.39. The Labute approximate surface area is 292 Å². The van der Waals surface area contributed by atoms with Crippen LogP contribution in [0.15, 0.2) is 30.6 Å². The monoisotopic (exact) mass is 721 g/mol. The number of aryl methyl sites for hydroxylation is 2. The van der Waals surface area contributed by atoms with Crippen LogP contribution in [0.4, 0.5) is 30.5 Å². The van der Waals surface area contributed by atoms with Gasteiger partial charge in [-0.1, -0.05) is 50.0 Å². The fraction of sp³-hybridized carbons (Fsp3) is 0.485. The number of nitrogens with zero attached hydrogens (tertiary/aromatic N) is 6. The maximum absolute atomic E-state index is 13.8.